The molecule has 1 aliphatic carbocycles. The Bertz CT molecular complexity index is 422. The fourth-order valence-electron chi connectivity index (χ4n) is 2.45. The first-order chi connectivity index (χ1) is 8.09. The quantitative estimate of drug-likeness (QED) is 0.880. The molecule has 3 nitrogen and oxygen atoms in total. The van der Waals surface area contributed by atoms with Crippen LogP contribution in [0.25, 0.3) is 0 Å². The van der Waals surface area contributed by atoms with Crippen molar-refractivity contribution in [3.8, 4) is 0 Å². The summed E-state index contributed by atoms with van der Waals surface area (Å²) in [5, 5.41) is 0.255. The zero-order valence-corrected chi connectivity index (χ0v) is 11.2. The van der Waals surface area contributed by atoms with Crippen molar-refractivity contribution < 1.29 is 4.21 Å². The smallest absolute Gasteiger partial charge is 0.0664 e. The minimum Gasteiger partial charge on any atom is -0.396 e. The predicted octanol–water partition coefficient (Wildman–Crippen LogP) is 2.60. The molecule has 4 unspecified atom stereocenters. The molecule has 17 heavy (non-hydrogen) atoms. The second-order valence-corrected chi connectivity index (χ2v) is 6.80. The molecule has 1 aromatic rings. The lowest BCUT2D eigenvalue weighted by molar-refractivity contribution is 0.281. The van der Waals surface area contributed by atoms with Gasteiger partial charge in [0.25, 0.3) is 0 Å². The lowest BCUT2D eigenvalue weighted by Crippen LogP contribution is -2.28. The molecule has 0 aliphatic heterocycles. The molecule has 2 rings (SSSR count). The van der Waals surface area contributed by atoms with Crippen molar-refractivity contribution in [2.75, 3.05) is 5.73 Å². The zero-order valence-electron chi connectivity index (χ0n) is 10.4. The van der Waals surface area contributed by atoms with Crippen LogP contribution in [0.15, 0.2) is 23.4 Å². The first-order valence-corrected chi connectivity index (χ1v) is 7.41. The first-order valence-electron chi connectivity index (χ1n) is 6.19. The maximum atomic E-state index is 12.5. The molecule has 4 atom stereocenters. The summed E-state index contributed by atoms with van der Waals surface area (Å²) in [4.78, 5) is 4.70. The van der Waals surface area contributed by atoms with Gasteiger partial charge in [-0.1, -0.05) is 13.8 Å². The molecule has 1 aliphatic rings. The van der Waals surface area contributed by atoms with E-state index in [-0.39, 0.29) is 5.25 Å². The third-order valence-corrected chi connectivity index (χ3v) is 5.72. The van der Waals surface area contributed by atoms with Crippen molar-refractivity contribution in [3.05, 3.63) is 18.5 Å². The summed E-state index contributed by atoms with van der Waals surface area (Å²) in [6, 6.07) is 1.79. The summed E-state index contributed by atoms with van der Waals surface area (Å²) in [7, 11) is -0.982. The van der Waals surface area contributed by atoms with Crippen molar-refractivity contribution in [1.29, 1.82) is 0 Å². The van der Waals surface area contributed by atoms with E-state index in [4.69, 9.17) is 5.73 Å². The lowest BCUT2D eigenvalue weighted by atomic mass is 9.81. The van der Waals surface area contributed by atoms with Gasteiger partial charge in [-0.2, -0.15) is 0 Å². The molecule has 4 heteroatoms. The van der Waals surface area contributed by atoms with Gasteiger partial charge in [0.1, 0.15) is 0 Å². The fourth-order valence-corrected chi connectivity index (χ4v) is 4.12. The monoisotopic (exact) mass is 252 g/mol. The second kappa shape index (κ2) is 5.17. The Hall–Kier alpha value is -0.900. The number of aromatic nitrogens is 1. The van der Waals surface area contributed by atoms with E-state index in [0.717, 1.165) is 23.7 Å². The Kier molecular flexibility index (Phi) is 3.82. The van der Waals surface area contributed by atoms with Gasteiger partial charge in [-0.15, -0.1) is 0 Å². The summed E-state index contributed by atoms with van der Waals surface area (Å²) in [5.74, 6) is 1.40. The molecule has 0 radical (unpaired) electrons. The molecule has 1 fully saturated rings. The molecule has 0 amide bonds. The Labute approximate surface area is 105 Å². The van der Waals surface area contributed by atoms with E-state index in [9.17, 15) is 4.21 Å². The summed E-state index contributed by atoms with van der Waals surface area (Å²) >= 11 is 0. The molecule has 0 aromatic carbocycles. The van der Waals surface area contributed by atoms with Gasteiger partial charge in [-0.05, 0) is 37.2 Å². The molecule has 1 heterocycles. The van der Waals surface area contributed by atoms with Crippen LogP contribution in [0.2, 0.25) is 0 Å². The van der Waals surface area contributed by atoms with Gasteiger partial charge in [0.15, 0.2) is 0 Å². The summed E-state index contributed by atoms with van der Waals surface area (Å²) < 4.78 is 12.5. The van der Waals surface area contributed by atoms with E-state index in [1.165, 1.54) is 6.42 Å². The average molecular weight is 252 g/mol. The van der Waals surface area contributed by atoms with Gasteiger partial charge in [0.2, 0.25) is 0 Å². The molecule has 0 bridgehead atoms. The predicted molar refractivity (Wildman–Crippen MR) is 71.0 cm³/mol. The number of rotatable bonds is 2. The lowest BCUT2D eigenvalue weighted by Gasteiger charge is -2.31. The number of pyridine rings is 1. The number of hydrogen-bond donors (Lipinski definition) is 1. The summed E-state index contributed by atoms with van der Waals surface area (Å²) in [5.41, 5.74) is 6.39. The average Bonchev–Trinajstić information content (AvgIpc) is 2.32. The zero-order chi connectivity index (χ0) is 12.4. The summed E-state index contributed by atoms with van der Waals surface area (Å²) in [6.07, 6.45) is 6.50. The van der Waals surface area contributed by atoms with Gasteiger partial charge >= 0.3 is 0 Å². The maximum Gasteiger partial charge on any atom is 0.0664 e. The Morgan fingerprint density at radius 3 is 2.76 bits per heavy atom. The van der Waals surface area contributed by atoms with Gasteiger partial charge < -0.3 is 5.73 Å². The van der Waals surface area contributed by atoms with Crippen LogP contribution in [0.4, 0.5) is 5.69 Å². The highest BCUT2D eigenvalue weighted by Gasteiger charge is 2.29. The van der Waals surface area contributed by atoms with Crippen LogP contribution in [0.5, 0.6) is 0 Å². The van der Waals surface area contributed by atoms with Crippen LogP contribution >= 0.6 is 0 Å². The van der Waals surface area contributed by atoms with Crippen LogP contribution < -0.4 is 5.73 Å². The highest BCUT2D eigenvalue weighted by Crippen LogP contribution is 2.34. The van der Waals surface area contributed by atoms with Crippen molar-refractivity contribution in [2.45, 2.75) is 43.3 Å². The van der Waals surface area contributed by atoms with Crippen molar-refractivity contribution in [1.82, 2.24) is 4.98 Å². The molecule has 2 N–H and O–H groups in total. The molecular weight excluding hydrogens is 232 g/mol. The number of nitrogen functional groups attached to an aromatic ring is 1. The number of nitrogens with two attached hydrogens (primary N) is 1. The standard InChI is InChI=1S/C13H20N2OS/c1-9-3-4-11(7-10(9)2)17(16)13-5-6-15-8-12(13)14/h5-6,8-11H,3-4,7,14H2,1-2H3. The molecule has 0 spiro atoms. The number of hydrogen-bond acceptors (Lipinski definition) is 3. The van der Waals surface area contributed by atoms with Crippen molar-refractivity contribution >= 4 is 16.5 Å². The van der Waals surface area contributed by atoms with E-state index in [0.29, 0.717) is 11.6 Å². The van der Waals surface area contributed by atoms with E-state index in [2.05, 4.69) is 18.8 Å². The summed E-state index contributed by atoms with van der Waals surface area (Å²) in [6.45, 7) is 4.54. The van der Waals surface area contributed by atoms with E-state index >= 15 is 0 Å². The second-order valence-electron chi connectivity index (χ2n) is 5.10. The van der Waals surface area contributed by atoms with E-state index in [1.54, 1.807) is 18.5 Å². The molecule has 1 saturated carbocycles. The van der Waals surface area contributed by atoms with Crippen LogP contribution in [-0.4, -0.2) is 14.4 Å². The minimum atomic E-state index is -0.982. The highest BCUT2D eigenvalue weighted by molar-refractivity contribution is 7.85. The SMILES string of the molecule is CC1CCC(S(=O)c2ccncc2N)CC1C. The Morgan fingerprint density at radius 2 is 2.12 bits per heavy atom. The number of nitrogens with zero attached hydrogens (tertiary/aromatic N) is 1. The molecular formula is C13H20N2OS. The highest BCUT2D eigenvalue weighted by atomic mass is 32.2. The van der Waals surface area contributed by atoms with Gasteiger partial charge in [-0.3, -0.25) is 9.19 Å². The third kappa shape index (κ3) is 2.68. The van der Waals surface area contributed by atoms with Gasteiger partial charge in [0, 0.05) is 11.4 Å². The van der Waals surface area contributed by atoms with Crippen LogP contribution in [0.1, 0.15) is 33.1 Å². The minimum absolute atomic E-state index is 0.255. The van der Waals surface area contributed by atoms with Crippen molar-refractivity contribution in [2.24, 2.45) is 11.8 Å². The van der Waals surface area contributed by atoms with E-state index in [1.807, 2.05) is 0 Å². The topological polar surface area (TPSA) is 56.0 Å². The normalized spacial score (nSPS) is 31.1. The van der Waals surface area contributed by atoms with Crippen LogP contribution in [0, 0.1) is 11.8 Å². The Balaban J connectivity index is 2.14. The van der Waals surface area contributed by atoms with Crippen LogP contribution in [0.3, 0.4) is 0 Å². The van der Waals surface area contributed by atoms with Crippen molar-refractivity contribution in [3.63, 3.8) is 0 Å². The van der Waals surface area contributed by atoms with E-state index < -0.39 is 10.8 Å². The third-order valence-electron chi connectivity index (χ3n) is 3.88. The largest absolute Gasteiger partial charge is 0.396 e. The fraction of sp³-hybridized carbons (Fsp3) is 0.615. The Morgan fingerprint density at radius 1 is 1.35 bits per heavy atom. The molecule has 1 aromatic heterocycles. The maximum absolute atomic E-state index is 12.5. The first kappa shape index (κ1) is 12.6. The van der Waals surface area contributed by atoms with Gasteiger partial charge in [-0.25, -0.2) is 0 Å². The molecule has 94 valence electrons. The van der Waals surface area contributed by atoms with Crippen LogP contribution in [-0.2, 0) is 10.8 Å². The molecule has 0 saturated heterocycles. The van der Waals surface area contributed by atoms with Gasteiger partial charge in [0.05, 0.1) is 27.6 Å². The number of anilines is 1.